The van der Waals surface area contributed by atoms with Crippen LogP contribution in [0.1, 0.15) is 20.7 Å². The first-order valence-electron chi connectivity index (χ1n) is 6.08. The van der Waals surface area contributed by atoms with Gasteiger partial charge in [0.2, 0.25) is 0 Å². The molecule has 0 saturated heterocycles. The molecule has 24 heavy (non-hydrogen) atoms. The van der Waals surface area contributed by atoms with Gasteiger partial charge in [-0.3, -0.25) is 19.3 Å². The van der Waals surface area contributed by atoms with E-state index in [0.29, 0.717) is 5.39 Å². The van der Waals surface area contributed by atoms with Crippen molar-refractivity contribution in [3.8, 4) is 0 Å². The van der Waals surface area contributed by atoms with Crippen LogP contribution in [0.5, 0.6) is 0 Å². The predicted octanol–water partition coefficient (Wildman–Crippen LogP) is 2.22. The number of hydrogen-bond acceptors (Lipinski definition) is 5. The van der Waals surface area contributed by atoms with E-state index in [1.807, 2.05) is 12.1 Å². The molecule has 0 atom stereocenters. The third-order valence-electron chi connectivity index (χ3n) is 3.05. The van der Waals surface area contributed by atoms with Crippen molar-refractivity contribution in [1.29, 1.82) is 0 Å². The summed E-state index contributed by atoms with van der Waals surface area (Å²) in [6.45, 7) is 0. The van der Waals surface area contributed by atoms with Crippen molar-refractivity contribution in [2.45, 2.75) is 5.51 Å². The zero-order valence-corrected chi connectivity index (χ0v) is 12.3. The topological polar surface area (TPSA) is 112 Å². The molecule has 0 unspecified atom stereocenters. The normalized spacial score (nSPS) is 14.5. The van der Waals surface area contributed by atoms with E-state index in [-0.39, 0.29) is 16.2 Å². The van der Waals surface area contributed by atoms with Gasteiger partial charge < -0.3 is 0 Å². The molecular weight excluding hydrogens is 355 g/mol. The van der Waals surface area contributed by atoms with E-state index in [1.165, 1.54) is 0 Å². The molecule has 2 amide bonds. The van der Waals surface area contributed by atoms with Crippen LogP contribution in [0.3, 0.4) is 0 Å². The van der Waals surface area contributed by atoms with Crippen LogP contribution in [0.2, 0.25) is 0 Å². The van der Waals surface area contributed by atoms with Gasteiger partial charge in [-0.2, -0.15) is 21.6 Å². The summed E-state index contributed by atoms with van der Waals surface area (Å²) in [5, 5.41) is 11.0. The molecule has 3 rings (SSSR count). The highest BCUT2D eigenvalue weighted by molar-refractivity contribution is 7.86. The summed E-state index contributed by atoms with van der Waals surface area (Å²) in [6, 6.07) is 10.6. The molecule has 1 aliphatic heterocycles. The van der Waals surface area contributed by atoms with E-state index >= 15 is 0 Å². The molecular formula is C13H8F3NO6S. The molecule has 0 bridgehead atoms. The lowest BCUT2D eigenvalue weighted by atomic mass is 10.0. The SMILES string of the molecule is O=C1c2ccc3ccccc3c2C(=O)N1O.O=S(=O)(O)C(F)(F)F. The minimum atomic E-state index is -5.84. The lowest BCUT2D eigenvalue weighted by Crippen LogP contribution is -2.25. The number of hydroxylamine groups is 2. The molecule has 0 saturated carbocycles. The van der Waals surface area contributed by atoms with Crippen molar-refractivity contribution in [1.82, 2.24) is 5.06 Å². The van der Waals surface area contributed by atoms with Gasteiger partial charge >= 0.3 is 15.6 Å². The minimum absolute atomic E-state index is 0.164. The Hall–Kier alpha value is -2.50. The van der Waals surface area contributed by atoms with Gasteiger partial charge in [-0.1, -0.05) is 30.3 Å². The van der Waals surface area contributed by atoms with Crippen LogP contribution in [-0.4, -0.2) is 40.6 Å². The first-order valence-corrected chi connectivity index (χ1v) is 7.52. The number of alkyl halides is 3. The van der Waals surface area contributed by atoms with Crippen molar-refractivity contribution in [3.05, 3.63) is 47.5 Å². The van der Waals surface area contributed by atoms with E-state index in [0.717, 1.165) is 5.39 Å². The van der Waals surface area contributed by atoms with E-state index in [2.05, 4.69) is 0 Å². The van der Waals surface area contributed by atoms with Crippen LogP contribution < -0.4 is 0 Å². The molecule has 2 aromatic carbocycles. The fraction of sp³-hybridized carbons (Fsp3) is 0.0769. The summed E-state index contributed by atoms with van der Waals surface area (Å²) in [5.74, 6) is -1.32. The molecule has 0 spiro atoms. The average molecular weight is 363 g/mol. The van der Waals surface area contributed by atoms with Crippen LogP contribution in [0.4, 0.5) is 13.2 Å². The number of amides is 2. The first kappa shape index (κ1) is 17.8. The second kappa shape index (κ2) is 5.85. The molecule has 0 aliphatic carbocycles. The smallest absolute Gasteiger partial charge is 0.279 e. The fourth-order valence-corrected chi connectivity index (χ4v) is 1.99. The maximum absolute atomic E-state index is 11.7. The third-order valence-corrected chi connectivity index (χ3v) is 3.64. The number of carbonyl (C=O) groups is 2. The van der Waals surface area contributed by atoms with Crippen molar-refractivity contribution < 1.29 is 40.9 Å². The molecule has 1 aliphatic rings. The number of hydrogen-bond donors (Lipinski definition) is 2. The van der Waals surface area contributed by atoms with Gasteiger partial charge in [-0.25, -0.2) is 0 Å². The number of rotatable bonds is 0. The summed E-state index contributed by atoms with van der Waals surface area (Å²) in [4.78, 5) is 23.2. The largest absolute Gasteiger partial charge is 0.522 e. The highest BCUT2D eigenvalue weighted by Crippen LogP contribution is 2.29. The number of halogens is 3. The second-order valence-electron chi connectivity index (χ2n) is 4.55. The molecule has 7 nitrogen and oxygen atoms in total. The Balaban J connectivity index is 0.000000224. The highest BCUT2D eigenvalue weighted by atomic mass is 32.2. The van der Waals surface area contributed by atoms with Gasteiger partial charge in [0, 0.05) is 0 Å². The van der Waals surface area contributed by atoms with Gasteiger partial charge in [0.15, 0.2) is 0 Å². The summed E-state index contributed by atoms with van der Waals surface area (Å²) in [6.07, 6.45) is 0. The highest BCUT2D eigenvalue weighted by Gasteiger charge is 2.44. The van der Waals surface area contributed by atoms with E-state index in [4.69, 9.17) is 13.0 Å². The van der Waals surface area contributed by atoms with Crippen LogP contribution in [0.25, 0.3) is 10.8 Å². The van der Waals surface area contributed by atoms with Gasteiger partial charge in [-0.05, 0) is 16.8 Å². The summed E-state index contributed by atoms with van der Waals surface area (Å²) in [5.41, 5.74) is -5.00. The zero-order valence-electron chi connectivity index (χ0n) is 11.5. The lowest BCUT2D eigenvalue weighted by Gasteiger charge is -2.01. The number of carbonyl (C=O) groups excluding carboxylic acids is 2. The Bertz CT molecular complexity index is 938. The second-order valence-corrected chi connectivity index (χ2v) is 5.97. The maximum atomic E-state index is 11.7. The molecule has 0 fully saturated rings. The quantitative estimate of drug-likeness (QED) is 0.321. The Morgan fingerprint density at radius 3 is 2.04 bits per heavy atom. The van der Waals surface area contributed by atoms with Crippen LogP contribution >= 0.6 is 0 Å². The summed E-state index contributed by atoms with van der Waals surface area (Å²) in [7, 11) is -5.84. The van der Waals surface area contributed by atoms with Gasteiger partial charge in [0.05, 0.1) is 11.1 Å². The summed E-state index contributed by atoms with van der Waals surface area (Å²) >= 11 is 0. The van der Waals surface area contributed by atoms with Crippen LogP contribution in [0, 0.1) is 0 Å². The van der Waals surface area contributed by atoms with Gasteiger partial charge in [0.25, 0.3) is 11.8 Å². The number of fused-ring (bicyclic) bond motifs is 3. The summed E-state index contributed by atoms with van der Waals surface area (Å²) < 4.78 is 57.5. The van der Waals surface area contributed by atoms with Gasteiger partial charge in [-0.15, -0.1) is 5.06 Å². The maximum Gasteiger partial charge on any atom is 0.522 e. The number of imide groups is 1. The van der Waals surface area contributed by atoms with E-state index in [1.54, 1.807) is 24.3 Å². The minimum Gasteiger partial charge on any atom is -0.279 e. The molecule has 128 valence electrons. The average Bonchev–Trinajstić information content (AvgIpc) is 2.71. The molecule has 11 heteroatoms. The zero-order chi connectivity index (χ0) is 18.3. The van der Waals surface area contributed by atoms with Crippen LogP contribution in [0.15, 0.2) is 36.4 Å². The molecule has 0 aromatic heterocycles. The predicted molar refractivity (Wildman–Crippen MR) is 73.8 cm³/mol. The molecule has 2 N–H and O–H groups in total. The molecule has 2 aromatic rings. The van der Waals surface area contributed by atoms with Crippen molar-refractivity contribution >= 4 is 32.7 Å². The monoisotopic (exact) mass is 363 g/mol. The van der Waals surface area contributed by atoms with Gasteiger partial charge in [0.1, 0.15) is 0 Å². The fourth-order valence-electron chi connectivity index (χ4n) is 1.99. The number of benzene rings is 2. The van der Waals surface area contributed by atoms with E-state index < -0.39 is 27.4 Å². The standard InChI is InChI=1S/C12H7NO3.CHF3O3S/c14-11-9-6-5-7-3-1-2-4-8(7)10(9)12(15)13(11)16;2-1(3,4)8(5,6)7/h1-6,16H;(H,5,6,7). The Morgan fingerprint density at radius 1 is 0.958 bits per heavy atom. The lowest BCUT2D eigenvalue weighted by molar-refractivity contribution is -0.0510. The Labute approximate surface area is 132 Å². The van der Waals surface area contributed by atoms with Crippen molar-refractivity contribution in [2.24, 2.45) is 0 Å². The van der Waals surface area contributed by atoms with Crippen molar-refractivity contribution in [2.75, 3.05) is 0 Å². The van der Waals surface area contributed by atoms with Crippen LogP contribution in [-0.2, 0) is 10.1 Å². The third kappa shape index (κ3) is 3.09. The first-order chi connectivity index (χ1) is 10.9. The van der Waals surface area contributed by atoms with Crippen molar-refractivity contribution in [3.63, 3.8) is 0 Å². The number of nitrogens with zero attached hydrogens (tertiary/aromatic N) is 1. The molecule has 1 heterocycles. The Morgan fingerprint density at radius 2 is 1.50 bits per heavy atom. The molecule has 0 radical (unpaired) electrons. The van der Waals surface area contributed by atoms with E-state index in [9.17, 15) is 28.0 Å². The Kier molecular flexibility index (Phi) is 4.35.